The highest BCUT2D eigenvalue weighted by atomic mass is 16.5. The summed E-state index contributed by atoms with van der Waals surface area (Å²) < 4.78 is 8.60. The topological polar surface area (TPSA) is 60.3 Å². The molecule has 2 aromatic rings. The van der Waals surface area contributed by atoms with Crippen LogP contribution in [0.25, 0.3) is 17.2 Å². The summed E-state index contributed by atoms with van der Waals surface area (Å²) in [5.41, 5.74) is 4.65. The van der Waals surface area contributed by atoms with Crippen LogP contribution in [-0.2, 0) is 18.3 Å². The molecule has 0 saturated heterocycles. The lowest BCUT2D eigenvalue weighted by Crippen LogP contribution is -2.50. The van der Waals surface area contributed by atoms with E-state index in [1.54, 1.807) is 4.57 Å². The van der Waals surface area contributed by atoms with Crippen LogP contribution in [0, 0.1) is 23.7 Å². The number of aryl methyl sites for hydroxylation is 1. The number of aromatic nitrogens is 1. The second kappa shape index (κ2) is 8.44. The van der Waals surface area contributed by atoms with E-state index < -0.39 is 0 Å². The van der Waals surface area contributed by atoms with E-state index in [1.165, 1.54) is 39.0 Å². The van der Waals surface area contributed by atoms with Gasteiger partial charge in [0.25, 0.3) is 5.56 Å². The van der Waals surface area contributed by atoms with Gasteiger partial charge < -0.3 is 14.6 Å². The Morgan fingerprint density at radius 1 is 1.06 bits per heavy atom. The molecule has 1 aromatic carbocycles. The molecule has 5 aliphatic rings. The van der Waals surface area contributed by atoms with Gasteiger partial charge in [-0.1, -0.05) is 12.2 Å². The van der Waals surface area contributed by atoms with Crippen LogP contribution in [0.15, 0.2) is 35.3 Å². The highest BCUT2D eigenvalue weighted by Gasteiger charge is 2.49. The zero-order chi connectivity index (χ0) is 23.4. The van der Waals surface area contributed by atoms with Crippen LogP contribution in [-0.4, -0.2) is 16.6 Å². The third kappa shape index (κ3) is 3.79. The van der Waals surface area contributed by atoms with Crippen molar-refractivity contribution in [3.63, 3.8) is 0 Å². The lowest BCUT2D eigenvalue weighted by Gasteiger charge is -2.53. The van der Waals surface area contributed by atoms with E-state index in [1.807, 2.05) is 31.4 Å². The molecule has 1 amide bonds. The molecule has 0 atom stereocenters. The van der Waals surface area contributed by atoms with Gasteiger partial charge in [0, 0.05) is 42.5 Å². The number of nitrogens with one attached hydrogen (secondary N) is 1. The summed E-state index contributed by atoms with van der Waals surface area (Å²) in [6, 6.07) is 5.97. The summed E-state index contributed by atoms with van der Waals surface area (Å²) in [5, 5.41) is 2.93. The van der Waals surface area contributed by atoms with E-state index in [-0.39, 0.29) is 17.6 Å². The minimum absolute atomic E-state index is 0.0758. The Morgan fingerprint density at radius 3 is 2.50 bits per heavy atom. The number of carbonyl (C=O) groups is 1. The quantitative estimate of drug-likeness (QED) is 0.652. The number of anilines is 1. The Kier molecular flexibility index (Phi) is 5.39. The lowest BCUT2D eigenvalue weighted by molar-refractivity contribution is -0.114. The monoisotopic (exact) mass is 458 g/mol. The van der Waals surface area contributed by atoms with Gasteiger partial charge in [0.2, 0.25) is 5.91 Å². The highest BCUT2D eigenvalue weighted by molar-refractivity contribution is 5.91. The number of benzene rings is 1. The average molecular weight is 459 g/mol. The predicted molar refractivity (Wildman–Crippen MR) is 135 cm³/mol. The van der Waals surface area contributed by atoms with Gasteiger partial charge in [-0.15, -0.1) is 0 Å². The van der Waals surface area contributed by atoms with Crippen LogP contribution in [0.1, 0.15) is 63.0 Å². The van der Waals surface area contributed by atoms with E-state index in [4.69, 9.17) is 4.74 Å². The minimum Gasteiger partial charge on any atom is -0.489 e. The van der Waals surface area contributed by atoms with Crippen molar-refractivity contribution >= 4 is 17.7 Å². The standard InChI is InChI=1S/C29H34N2O3/c1-17(32)30-22-8-9-27(34-28-20-11-18-10-19(13-20)14-21(28)12-18)25(15-22)26-16-31(2)29(33)24-7-5-3-4-6-23(24)26/h4,6,8-9,15-16,18-21,28H,3,5,7,10-14H2,1-2H3,(H,30,32). The van der Waals surface area contributed by atoms with Gasteiger partial charge in [0.1, 0.15) is 11.9 Å². The summed E-state index contributed by atoms with van der Waals surface area (Å²) in [5.74, 6) is 3.86. The van der Waals surface area contributed by atoms with E-state index in [0.29, 0.717) is 11.8 Å². The number of pyridine rings is 1. The first-order valence-corrected chi connectivity index (χ1v) is 12.9. The Morgan fingerprint density at radius 2 is 1.79 bits per heavy atom. The molecule has 4 saturated carbocycles. The maximum atomic E-state index is 13.0. The zero-order valence-corrected chi connectivity index (χ0v) is 20.2. The summed E-state index contributed by atoms with van der Waals surface area (Å²) >= 11 is 0. The van der Waals surface area contributed by atoms with E-state index >= 15 is 0 Å². The van der Waals surface area contributed by atoms with Crippen molar-refractivity contribution in [2.24, 2.45) is 30.7 Å². The summed E-state index contributed by atoms with van der Waals surface area (Å²) in [4.78, 5) is 24.8. The third-order valence-corrected chi connectivity index (χ3v) is 8.59. The maximum absolute atomic E-state index is 13.0. The van der Waals surface area contributed by atoms with Crippen molar-refractivity contribution in [3.8, 4) is 16.9 Å². The van der Waals surface area contributed by atoms with Crippen molar-refractivity contribution < 1.29 is 9.53 Å². The first-order chi connectivity index (χ1) is 16.5. The molecule has 1 aromatic heterocycles. The molecule has 5 nitrogen and oxygen atoms in total. The van der Waals surface area contributed by atoms with Gasteiger partial charge in [-0.25, -0.2) is 0 Å². The number of fused-ring (bicyclic) bond motifs is 1. The minimum atomic E-state index is -0.0974. The molecule has 7 rings (SSSR count). The molecule has 5 aliphatic carbocycles. The molecular weight excluding hydrogens is 424 g/mol. The molecule has 5 heteroatoms. The van der Waals surface area contributed by atoms with Crippen LogP contribution in [0.2, 0.25) is 0 Å². The molecule has 178 valence electrons. The van der Waals surface area contributed by atoms with Crippen LogP contribution >= 0.6 is 0 Å². The fourth-order valence-electron chi connectivity index (χ4n) is 7.40. The van der Waals surface area contributed by atoms with Crippen molar-refractivity contribution in [2.45, 2.75) is 64.4 Å². The fourth-order valence-corrected chi connectivity index (χ4v) is 7.40. The van der Waals surface area contributed by atoms with Crippen LogP contribution in [0.5, 0.6) is 5.75 Å². The number of amides is 1. The first kappa shape index (κ1) is 21.7. The number of allylic oxidation sites excluding steroid dienone is 1. The Bertz CT molecular complexity index is 1200. The Balaban J connectivity index is 1.46. The molecule has 1 heterocycles. The average Bonchev–Trinajstić information content (AvgIpc) is 3.05. The number of carbonyl (C=O) groups excluding carboxylic acids is 1. The summed E-state index contributed by atoms with van der Waals surface area (Å²) in [7, 11) is 1.83. The van der Waals surface area contributed by atoms with Gasteiger partial charge >= 0.3 is 0 Å². The molecular formula is C29H34N2O3. The SMILES string of the molecule is CC(=O)Nc1ccc(OC2C3CC4CC(C3)CC2C4)c(-c2cn(C)c(=O)c3c2C=CCCC3)c1. The second-order valence-corrected chi connectivity index (χ2v) is 11.1. The van der Waals surface area contributed by atoms with Gasteiger partial charge in [-0.2, -0.15) is 0 Å². The number of ether oxygens (including phenoxy) is 1. The third-order valence-electron chi connectivity index (χ3n) is 8.59. The number of hydrogen-bond acceptors (Lipinski definition) is 3. The van der Waals surface area contributed by atoms with Crippen LogP contribution < -0.4 is 15.6 Å². The number of nitrogens with zero attached hydrogens (tertiary/aromatic N) is 1. The van der Waals surface area contributed by atoms with Gasteiger partial charge in [0.05, 0.1) is 0 Å². The van der Waals surface area contributed by atoms with Crippen molar-refractivity contribution in [3.05, 3.63) is 52.0 Å². The van der Waals surface area contributed by atoms with Gasteiger partial charge in [-0.3, -0.25) is 9.59 Å². The van der Waals surface area contributed by atoms with Crippen molar-refractivity contribution in [2.75, 3.05) is 5.32 Å². The molecule has 0 radical (unpaired) electrons. The normalized spacial score (nSPS) is 28.9. The van der Waals surface area contributed by atoms with Crippen LogP contribution in [0.4, 0.5) is 5.69 Å². The molecule has 0 spiro atoms. The van der Waals surface area contributed by atoms with E-state index in [2.05, 4.69) is 17.5 Å². The van der Waals surface area contributed by atoms with Crippen LogP contribution in [0.3, 0.4) is 0 Å². The smallest absolute Gasteiger partial charge is 0.254 e. The van der Waals surface area contributed by atoms with E-state index in [9.17, 15) is 9.59 Å². The van der Waals surface area contributed by atoms with Crippen molar-refractivity contribution in [1.82, 2.24) is 4.57 Å². The number of rotatable bonds is 4. The fraction of sp³-hybridized carbons (Fsp3) is 0.517. The Labute approximate surface area is 201 Å². The first-order valence-electron chi connectivity index (χ1n) is 12.9. The molecule has 34 heavy (non-hydrogen) atoms. The maximum Gasteiger partial charge on any atom is 0.254 e. The molecule has 0 unspecified atom stereocenters. The molecule has 4 bridgehead atoms. The summed E-state index contributed by atoms with van der Waals surface area (Å²) in [6.07, 6.45) is 15.8. The Hall–Kier alpha value is -2.82. The van der Waals surface area contributed by atoms with Crippen molar-refractivity contribution in [1.29, 1.82) is 0 Å². The largest absolute Gasteiger partial charge is 0.489 e. The molecule has 0 aliphatic heterocycles. The summed E-state index contributed by atoms with van der Waals surface area (Å²) in [6.45, 7) is 1.53. The zero-order valence-electron chi connectivity index (χ0n) is 20.2. The van der Waals surface area contributed by atoms with E-state index in [0.717, 1.165) is 64.8 Å². The highest BCUT2D eigenvalue weighted by Crippen LogP contribution is 2.55. The van der Waals surface area contributed by atoms with Gasteiger partial charge in [0.15, 0.2) is 0 Å². The number of hydrogen-bond donors (Lipinski definition) is 1. The lowest BCUT2D eigenvalue weighted by atomic mass is 9.55. The predicted octanol–water partition coefficient (Wildman–Crippen LogP) is 5.56. The molecule has 1 N–H and O–H groups in total. The molecule has 4 fully saturated rings. The second-order valence-electron chi connectivity index (χ2n) is 11.1. The van der Waals surface area contributed by atoms with Gasteiger partial charge in [-0.05, 0) is 98.8 Å².